The van der Waals surface area contributed by atoms with Crippen molar-refractivity contribution < 1.29 is 23.2 Å². The lowest BCUT2D eigenvalue weighted by Gasteiger charge is -2.32. The molecule has 122 valence electrons. The number of hydrogen-bond acceptors (Lipinski definition) is 3. The van der Waals surface area contributed by atoms with Crippen LogP contribution in [-0.2, 0) is 14.9 Å². The van der Waals surface area contributed by atoms with Gasteiger partial charge in [-0.05, 0) is 45.6 Å². The van der Waals surface area contributed by atoms with Crippen LogP contribution in [0, 0.1) is 6.92 Å². The molecule has 3 nitrogen and oxygen atoms in total. The van der Waals surface area contributed by atoms with Crippen LogP contribution < -0.4 is 5.46 Å². The number of benzene rings is 1. The summed E-state index contributed by atoms with van der Waals surface area (Å²) >= 11 is 0. The molecule has 22 heavy (non-hydrogen) atoms. The highest BCUT2D eigenvalue weighted by Gasteiger charge is 2.52. The van der Waals surface area contributed by atoms with Gasteiger partial charge in [0, 0.05) is 0 Å². The highest BCUT2D eigenvalue weighted by atomic mass is 19.1. The molecule has 0 atom stereocenters. The molecule has 0 spiro atoms. The molecule has 0 aromatic heterocycles. The van der Waals surface area contributed by atoms with E-state index in [0.29, 0.717) is 5.46 Å². The average Bonchev–Trinajstić information content (AvgIpc) is 2.67. The first kappa shape index (κ1) is 17.4. The largest absolute Gasteiger partial charge is 0.495 e. The van der Waals surface area contributed by atoms with Crippen LogP contribution in [0.4, 0.5) is 8.78 Å². The molecule has 1 heterocycles. The molecule has 1 saturated heterocycles. The summed E-state index contributed by atoms with van der Waals surface area (Å²) in [5, 5.41) is 10.0. The molecule has 0 amide bonds. The van der Waals surface area contributed by atoms with Gasteiger partial charge in [-0.1, -0.05) is 23.8 Å². The van der Waals surface area contributed by atoms with Crippen LogP contribution in [0.1, 0.15) is 38.8 Å². The van der Waals surface area contributed by atoms with Crippen molar-refractivity contribution >= 4 is 12.6 Å². The Bertz CT molecular complexity index is 540. The van der Waals surface area contributed by atoms with E-state index in [4.69, 9.17) is 9.31 Å². The van der Waals surface area contributed by atoms with Crippen LogP contribution >= 0.6 is 0 Å². The fraction of sp³-hybridized carbons (Fsp3) is 0.625. The first-order chi connectivity index (χ1) is 10.1. The summed E-state index contributed by atoms with van der Waals surface area (Å²) in [6.07, 6.45) is 0. The minimum atomic E-state index is -2.12. The molecule has 0 aliphatic carbocycles. The van der Waals surface area contributed by atoms with Crippen molar-refractivity contribution in [3.8, 4) is 0 Å². The summed E-state index contributed by atoms with van der Waals surface area (Å²) in [6, 6.07) is 4.81. The van der Waals surface area contributed by atoms with E-state index in [1.54, 1.807) is 12.1 Å². The topological polar surface area (TPSA) is 38.7 Å². The molecule has 1 aliphatic rings. The van der Waals surface area contributed by atoms with Gasteiger partial charge in [0.15, 0.2) is 0 Å². The Balaban J connectivity index is 2.41. The molecule has 1 aromatic carbocycles. The third-order valence-electron chi connectivity index (χ3n) is 4.77. The number of halogens is 2. The Kier molecular flexibility index (Phi) is 4.41. The zero-order valence-electron chi connectivity index (χ0n) is 13.7. The van der Waals surface area contributed by atoms with E-state index in [1.165, 1.54) is 6.07 Å². The van der Waals surface area contributed by atoms with Crippen LogP contribution in [0.5, 0.6) is 0 Å². The van der Waals surface area contributed by atoms with E-state index in [1.807, 2.05) is 34.6 Å². The fourth-order valence-corrected chi connectivity index (χ4v) is 2.34. The molecular weight excluding hydrogens is 289 g/mol. The van der Waals surface area contributed by atoms with Gasteiger partial charge >= 0.3 is 7.12 Å². The number of aliphatic hydroxyl groups is 1. The van der Waals surface area contributed by atoms with Crippen molar-refractivity contribution in [2.45, 2.75) is 51.4 Å². The standard InChI is InChI=1S/C16H23BF2O3/c1-11-6-7-12(16(20,9-18)10-19)8-13(11)17-21-14(2,3)15(4,5)22-17/h6-8,20H,9-10H2,1-5H3. The molecule has 0 unspecified atom stereocenters. The van der Waals surface area contributed by atoms with Gasteiger partial charge < -0.3 is 14.4 Å². The van der Waals surface area contributed by atoms with Gasteiger partial charge in [0.05, 0.1) is 11.2 Å². The van der Waals surface area contributed by atoms with Crippen molar-refractivity contribution in [1.29, 1.82) is 0 Å². The van der Waals surface area contributed by atoms with Crippen molar-refractivity contribution in [2.24, 2.45) is 0 Å². The smallest absolute Gasteiger partial charge is 0.399 e. The Hall–Kier alpha value is -0.975. The van der Waals surface area contributed by atoms with Gasteiger partial charge in [-0.2, -0.15) is 0 Å². The van der Waals surface area contributed by atoms with Crippen LogP contribution in [0.3, 0.4) is 0 Å². The van der Waals surface area contributed by atoms with Gasteiger partial charge in [-0.25, -0.2) is 8.78 Å². The average molecular weight is 312 g/mol. The van der Waals surface area contributed by atoms with Gasteiger partial charge in [0.2, 0.25) is 0 Å². The van der Waals surface area contributed by atoms with Crippen LogP contribution in [0.25, 0.3) is 0 Å². The molecule has 1 fully saturated rings. The molecule has 1 aliphatic heterocycles. The van der Waals surface area contributed by atoms with E-state index in [-0.39, 0.29) is 5.56 Å². The van der Waals surface area contributed by atoms with Crippen LogP contribution in [-0.4, -0.2) is 36.8 Å². The van der Waals surface area contributed by atoms with Gasteiger partial charge in [0.1, 0.15) is 19.0 Å². The minimum Gasteiger partial charge on any atom is -0.399 e. The second-order valence-corrected chi connectivity index (χ2v) is 6.96. The summed E-state index contributed by atoms with van der Waals surface area (Å²) in [5.74, 6) is 0. The fourth-order valence-electron chi connectivity index (χ4n) is 2.34. The van der Waals surface area contributed by atoms with Crippen LogP contribution in [0.15, 0.2) is 18.2 Å². The number of hydrogen-bond donors (Lipinski definition) is 1. The van der Waals surface area contributed by atoms with E-state index in [2.05, 4.69) is 0 Å². The zero-order valence-corrected chi connectivity index (χ0v) is 13.7. The molecule has 1 N–H and O–H groups in total. The van der Waals surface area contributed by atoms with Crippen LogP contribution in [0.2, 0.25) is 0 Å². The molecule has 6 heteroatoms. The zero-order chi connectivity index (χ0) is 16.8. The number of rotatable bonds is 4. The maximum Gasteiger partial charge on any atom is 0.495 e. The van der Waals surface area contributed by atoms with Crippen molar-refractivity contribution in [1.82, 2.24) is 0 Å². The number of alkyl halides is 2. The molecule has 2 rings (SSSR count). The molecule has 1 aromatic rings. The quantitative estimate of drug-likeness (QED) is 0.868. The highest BCUT2D eigenvalue weighted by molar-refractivity contribution is 6.62. The second kappa shape index (κ2) is 5.58. The second-order valence-electron chi connectivity index (χ2n) is 6.96. The molecule has 0 bridgehead atoms. The Morgan fingerprint density at radius 3 is 2.05 bits per heavy atom. The maximum absolute atomic E-state index is 13.0. The monoisotopic (exact) mass is 312 g/mol. The minimum absolute atomic E-state index is 0.188. The molecule has 0 saturated carbocycles. The molecular formula is C16H23BF2O3. The molecule has 0 radical (unpaired) electrons. The van der Waals surface area contributed by atoms with E-state index in [9.17, 15) is 13.9 Å². The summed E-state index contributed by atoms with van der Waals surface area (Å²) in [4.78, 5) is 0. The van der Waals surface area contributed by atoms with E-state index < -0.39 is 37.3 Å². The normalized spacial score (nSPS) is 20.5. The van der Waals surface area contributed by atoms with Gasteiger partial charge in [0.25, 0.3) is 0 Å². The summed E-state index contributed by atoms with van der Waals surface area (Å²) < 4.78 is 38.0. The third kappa shape index (κ3) is 2.80. The first-order valence-corrected chi connectivity index (χ1v) is 7.37. The Morgan fingerprint density at radius 2 is 1.59 bits per heavy atom. The lowest BCUT2D eigenvalue weighted by atomic mass is 9.74. The maximum atomic E-state index is 13.0. The van der Waals surface area contributed by atoms with Gasteiger partial charge in [-0.15, -0.1) is 0 Å². The number of aryl methyl sites for hydroxylation is 1. The van der Waals surface area contributed by atoms with Gasteiger partial charge in [-0.3, -0.25) is 0 Å². The lowest BCUT2D eigenvalue weighted by Crippen LogP contribution is -2.41. The van der Waals surface area contributed by atoms with Crippen molar-refractivity contribution in [2.75, 3.05) is 13.3 Å². The third-order valence-corrected chi connectivity index (χ3v) is 4.77. The Labute approximate surface area is 130 Å². The first-order valence-electron chi connectivity index (χ1n) is 7.37. The SMILES string of the molecule is Cc1ccc(C(O)(CF)CF)cc1B1OC(C)(C)C(C)(C)O1. The predicted octanol–water partition coefficient (Wildman–Crippen LogP) is 2.42. The van der Waals surface area contributed by atoms with Crippen molar-refractivity contribution in [3.05, 3.63) is 29.3 Å². The summed E-state index contributed by atoms with van der Waals surface area (Å²) in [5.41, 5.74) is -1.38. The van der Waals surface area contributed by atoms with Crippen molar-refractivity contribution in [3.63, 3.8) is 0 Å². The predicted molar refractivity (Wildman–Crippen MR) is 82.7 cm³/mol. The highest BCUT2D eigenvalue weighted by Crippen LogP contribution is 2.37. The lowest BCUT2D eigenvalue weighted by molar-refractivity contribution is -0.0111. The summed E-state index contributed by atoms with van der Waals surface area (Å²) in [7, 11) is -0.631. The van der Waals surface area contributed by atoms with E-state index in [0.717, 1.165) is 5.56 Å². The summed E-state index contributed by atoms with van der Waals surface area (Å²) in [6.45, 7) is 7.24. The van der Waals surface area contributed by atoms with E-state index >= 15 is 0 Å². The Morgan fingerprint density at radius 1 is 1.09 bits per heavy atom.